The van der Waals surface area contributed by atoms with Gasteiger partial charge in [-0.3, -0.25) is 20.0 Å². The summed E-state index contributed by atoms with van der Waals surface area (Å²) in [6.07, 6.45) is 7.87. The third-order valence-corrected chi connectivity index (χ3v) is 3.41. The van der Waals surface area contributed by atoms with Gasteiger partial charge in [-0.1, -0.05) is 0 Å². The van der Waals surface area contributed by atoms with Crippen LogP contribution in [0.2, 0.25) is 0 Å². The van der Waals surface area contributed by atoms with Gasteiger partial charge in [-0.05, 0) is 32.4 Å². The Balaban J connectivity index is 1.79. The first kappa shape index (κ1) is 11.3. The van der Waals surface area contributed by atoms with E-state index in [1.807, 2.05) is 19.2 Å². The molecule has 0 spiro atoms. The Bertz CT molecular complexity index is 508. The highest BCUT2D eigenvalue weighted by Gasteiger charge is 2.27. The lowest BCUT2D eigenvalue weighted by molar-refractivity contribution is 0.241. The van der Waals surface area contributed by atoms with Gasteiger partial charge in [-0.2, -0.15) is 5.10 Å². The molecule has 5 nitrogen and oxygen atoms in total. The lowest BCUT2D eigenvalue weighted by Gasteiger charge is -2.23. The van der Waals surface area contributed by atoms with Gasteiger partial charge in [0.2, 0.25) is 0 Å². The molecule has 1 atom stereocenters. The molecule has 1 fully saturated rings. The summed E-state index contributed by atoms with van der Waals surface area (Å²) >= 11 is 0. The molecule has 3 heterocycles. The van der Waals surface area contributed by atoms with Crippen LogP contribution in [0, 0.1) is 6.92 Å². The monoisotopic (exact) mass is 243 g/mol. The Morgan fingerprint density at radius 1 is 1.44 bits per heavy atom. The van der Waals surface area contributed by atoms with Crippen molar-refractivity contribution in [3.8, 4) is 0 Å². The summed E-state index contributed by atoms with van der Waals surface area (Å²) in [6, 6.07) is 2.41. The number of rotatable bonds is 3. The molecule has 3 rings (SSSR count). The molecular weight excluding hydrogens is 226 g/mol. The van der Waals surface area contributed by atoms with Crippen molar-refractivity contribution in [1.82, 2.24) is 25.1 Å². The van der Waals surface area contributed by atoms with Gasteiger partial charge in [0, 0.05) is 30.8 Å². The molecule has 0 bridgehead atoms. The standard InChI is InChI=1S/C13H17N5/c1-10-7-14-8-12(16-10)13-3-2-6-18(13)9-11-4-5-15-17-11/h4-5,7-8,13H,2-3,6,9H2,1H3,(H,15,17)/t13-/m1/s1. The predicted octanol–water partition coefficient (Wildman–Crippen LogP) is 1.85. The van der Waals surface area contributed by atoms with Gasteiger partial charge in [0.25, 0.3) is 0 Å². The molecule has 1 aliphatic rings. The number of H-pyrrole nitrogens is 1. The summed E-state index contributed by atoms with van der Waals surface area (Å²) < 4.78 is 0. The molecule has 1 aliphatic heterocycles. The molecule has 0 amide bonds. The molecule has 0 aromatic carbocycles. The van der Waals surface area contributed by atoms with E-state index >= 15 is 0 Å². The second-order valence-corrected chi connectivity index (χ2v) is 4.80. The summed E-state index contributed by atoms with van der Waals surface area (Å²) in [5.41, 5.74) is 3.23. The average molecular weight is 243 g/mol. The van der Waals surface area contributed by atoms with Crippen LogP contribution in [-0.4, -0.2) is 31.6 Å². The van der Waals surface area contributed by atoms with Crippen molar-refractivity contribution in [2.75, 3.05) is 6.54 Å². The molecule has 94 valence electrons. The first-order chi connectivity index (χ1) is 8.83. The highest BCUT2D eigenvalue weighted by molar-refractivity contribution is 5.09. The SMILES string of the molecule is Cc1cncc([C@H]2CCCN2Cc2ccn[nH]2)n1. The van der Waals surface area contributed by atoms with Crippen LogP contribution in [0.4, 0.5) is 0 Å². The first-order valence-electron chi connectivity index (χ1n) is 6.34. The van der Waals surface area contributed by atoms with E-state index in [-0.39, 0.29) is 0 Å². The molecule has 5 heteroatoms. The van der Waals surface area contributed by atoms with Gasteiger partial charge >= 0.3 is 0 Å². The fourth-order valence-electron chi connectivity index (χ4n) is 2.59. The third-order valence-electron chi connectivity index (χ3n) is 3.41. The minimum atomic E-state index is 0.390. The van der Waals surface area contributed by atoms with E-state index in [0.717, 1.165) is 36.6 Å². The van der Waals surface area contributed by atoms with Gasteiger partial charge in [0.1, 0.15) is 0 Å². The third kappa shape index (κ3) is 2.26. The smallest absolute Gasteiger partial charge is 0.0761 e. The number of aromatic amines is 1. The number of aromatic nitrogens is 4. The van der Waals surface area contributed by atoms with Crippen LogP contribution >= 0.6 is 0 Å². The van der Waals surface area contributed by atoms with E-state index in [4.69, 9.17) is 0 Å². The van der Waals surface area contributed by atoms with Gasteiger partial charge in [-0.15, -0.1) is 0 Å². The molecule has 1 N–H and O–H groups in total. The average Bonchev–Trinajstić information content (AvgIpc) is 3.01. The molecule has 0 unspecified atom stereocenters. The number of hydrogen-bond donors (Lipinski definition) is 1. The molecule has 0 aliphatic carbocycles. The molecule has 2 aromatic heterocycles. The zero-order valence-corrected chi connectivity index (χ0v) is 10.5. The van der Waals surface area contributed by atoms with E-state index in [1.54, 1.807) is 12.4 Å². The second kappa shape index (κ2) is 4.86. The van der Waals surface area contributed by atoms with Crippen molar-refractivity contribution in [3.05, 3.63) is 41.7 Å². The van der Waals surface area contributed by atoms with Crippen LogP contribution in [0.1, 0.15) is 36.0 Å². The van der Waals surface area contributed by atoms with Crippen molar-refractivity contribution in [1.29, 1.82) is 0 Å². The molecule has 1 saturated heterocycles. The second-order valence-electron chi connectivity index (χ2n) is 4.80. The molecule has 0 saturated carbocycles. The Labute approximate surface area is 106 Å². The number of likely N-dealkylation sites (tertiary alicyclic amines) is 1. The highest BCUT2D eigenvalue weighted by Crippen LogP contribution is 2.31. The lowest BCUT2D eigenvalue weighted by atomic mass is 10.1. The van der Waals surface area contributed by atoms with Crippen molar-refractivity contribution in [2.24, 2.45) is 0 Å². The van der Waals surface area contributed by atoms with Crippen LogP contribution in [0.25, 0.3) is 0 Å². The van der Waals surface area contributed by atoms with Crippen LogP contribution in [0.3, 0.4) is 0 Å². The lowest BCUT2D eigenvalue weighted by Crippen LogP contribution is -2.24. The highest BCUT2D eigenvalue weighted by atomic mass is 15.2. The maximum absolute atomic E-state index is 4.60. The Hall–Kier alpha value is -1.75. The summed E-state index contributed by atoms with van der Waals surface area (Å²) in [6.45, 7) is 4.00. The molecular formula is C13H17N5. The molecule has 0 radical (unpaired) electrons. The van der Waals surface area contributed by atoms with Crippen LogP contribution < -0.4 is 0 Å². The van der Waals surface area contributed by atoms with Crippen molar-refractivity contribution >= 4 is 0 Å². The summed E-state index contributed by atoms with van der Waals surface area (Å²) in [5.74, 6) is 0. The maximum atomic E-state index is 4.60. The van der Waals surface area contributed by atoms with Gasteiger partial charge in [0.05, 0.1) is 17.4 Å². The quantitative estimate of drug-likeness (QED) is 0.893. The fraction of sp³-hybridized carbons (Fsp3) is 0.462. The zero-order chi connectivity index (χ0) is 12.4. The fourth-order valence-corrected chi connectivity index (χ4v) is 2.59. The predicted molar refractivity (Wildman–Crippen MR) is 67.7 cm³/mol. The Morgan fingerprint density at radius 2 is 2.39 bits per heavy atom. The van der Waals surface area contributed by atoms with E-state index in [9.17, 15) is 0 Å². The number of hydrogen-bond acceptors (Lipinski definition) is 4. The van der Waals surface area contributed by atoms with Crippen molar-refractivity contribution in [2.45, 2.75) is 32.4 Å². The zero-order valence-electron chi connectivity index (χ0n) is 10.5. The van der Waals surface area contributed by atoms with E-state index in [1.165, 1.54) is 6.42 Å². The topological polar surface area (TPSA) is 57.7 Å². The van der Waals surface area contributed by atoms with Gasteiger partial charge in [0.15, 0.2) is 0 Å². The maximum Gasteiger partial charge on any atom is 0.0761 e. The number of nitrogens with zero attached hydrogens (tertiary/aromatic N) is 4. The van der Waals surface area contributed by atoms with E-state index < -0.39 is 0 Å². The van der Waals surface area contributed by atoms with Gasteiger partial charge < -0.3 is 0 Å². The normalized spacial score (nSPS) is 20.4. The van der Waals surface area contributed by atoms with Crippen LogP contribution in [0.15, 0.2) is 24.7 Å². The Kier molecular flexibility index (Phi) is 3.06. The summed E-state index contributed by atoms with van der Waals surface area (Å²) in [4.78, 5) is 11.3. The summed E-state index contributed by atoms with van der Waals surface area (Å²) in [7, 11) is 0. The van der Waals surface area contributed by atoms with Gasteiger partial charge in [-0.25, -0.2) is 0 Å². The number of nitrogens with one attached hydrogen (secondary N) is 1. The summed E-state index contributed by atoms with van der Waals surface area (Å²) in [5, 5.41) is 7.02. The largest absolute Gasteiger partial charge is 0.289 e. The minimum absolute atomic E-state index is 0.390. The van der Waals surface area contributed by atoms with E-state index in [2.05, 4.69) is 25.1 Å². The first-order valence-corrected chi connectivity index (χ1v) is 6.34. The number of aryl methyl sites for hydroxylation is 1. The van der Waals surface area contributed by atoms with Crippen molar-refractivity contribution < 1.29 is 0 Å². The van der Waals surface area contributed by atoms with Crippen LogP contribution in [-0.2, 0) is 6.54 Å². The minimum Gasteiger partial charge on any atom is -0.289 e. The van der Waals surface area contributed by atoms with E-state index in [0.29, 0.717) is 6.04 Å². The molecule has 2 aromatic rings. The molecule has 18 heavy (non-hydrogen) atoms. The van der Waals surface area contributed by atoms with Crippen molar-refractivity contribution in [3.63, 3.8) is 0 Å². The Morgan fingerprint density at radius 3 is 3.17 bits per heavy atom. The van der Waals surface area contributed by atoms with Crippen LogP contribution in [0.5, 0.6) is 0 Å².